The molecule has 1 aliphatic rings. The molecule has 0 saturated carbocycles. The Hall–Kier alpha value is -2.05. The summed E-state index contributed by atoms with van der Waals surface area (Å²) in [6, 6.07) is 0. The second-order valence-electron chi connectivity index (χ2n) is 4.60. The van der Waals surface area contributed by atoms with Crippen molar-refractivity contribution < 1.29 is 9.59 Å². The maximum atomic E-state index is 11.9. The lowest BCUT2D eigenvalue weighted by Gasteiger charge is -2.14. The zero-order chi connectivity index (χ0) is 13.7. The Labute approximate surface area is 111 Å². The first-order valence-corrected chi connectivity index (χ1v) is 6.54. The van der Waals surface area contributed by atoms with Crippen molar-refractivity contribution in [2.45, 2.75) is 32.2 Å². The highest BCUT2D eigenvalue weighted by molar-refractivity contribution is 5.92. The van der Waals surface area contributed by atoms with Gasteiger partial charge in [-0.15, -0.1) is 0 Å². The lowest BCUT2D eigenvalue weighted by Crippen LogP contribution is -2.25. The van der Waals surface area contributed by atoms with E-state index in [-0.39, 0.29) is 11.8 Å². The number of nitrogens with one attached hydrogen (secondary N) is 2. The number of unbranched alkanes of at least 4 members (excludes halogenated alkanes) is 1. The Morgan fingerprint density at radius 2 is 2.32 bits per heavy atom. The topological polar surface area (TPSA) is 102 Å². The van der Waals surface area contributed by atoms with Crippen LogP contribution in [0.2, 0.25) is 0 Å². The minimum Gasteiger partial charge on any atom is -0.370 e. The van der Waals surface area contributed by atoms with Gasteiger partial charge in [0.15, 0.2) is 0 Å². The minimum absolute atomic E-state index is 0.178. The van der Waals surface area contributed by atoms with Crippen molar-refractivity contribution in [1.29, 1.82) is 0 Å². The Morgan fingerprint density at radius 3 is 3.05 bits per heavy atom. The molecule has 1 aromatic heterocycles. The van der Waals surface area contributed by atoms with Gasteiger partial charge >= 0.3 is 0 Å². The standard InChI is InChI=1S/C12H19N5O2/c13-10(18)4-1-2-5-14-11(19)9-8-17-7-3-6-15-12(17)16-9/h8H,1-7H2,(H2,13,18)(H,14,19)(H,15,16). The van der Waals surface area contributed by atoms with E-state index in [0.717, 1.165) is 31.9 Å². The largest absolute Gasteiger partial charge is 0.370 e. The van der Waals surface area contributed by atoms with Gasteiger partial charge < -0.3 is 20.9 Å². The molecule has 2 heterocycles. The first-order chi connectivity index (χ1) is 9.16. The van der Waals surface area contributed by atoms with Gasteiger partial charge in [-0.3, -0.25) is 9.59 Å². The molecule has 4 N–H and O–H groups in total. The number of hydrogen-bond donors (Lipinski definition) is 3. The maximum Gasteiger partial charge on any atom is 0.271 e. The highest BCUT2D eigenvalue weighted by atomic mass is 16.2. The third-order valence-corrected chi connectivity index (χ3v) is 3.00. The summed E-state index contributed by atoms with van der Waals surface area (Å²) in [7, 11) is 0. The highest BCUT2D eigenvalue weighted by Gasteiger charge is 2.15. The second-order valence-corrected chi connectivity index (χ2v) is 4.60. The third kappa shape index (κ3) is 3.70. The van der Waals surface area contributed by atoms with Gasteiger partial charge in [-0.25, -0.2) is 4.98 Å². The average Bonchev–Trinajstić information content (AvgIpc) is 2.81. The van der Waals surface area contributed by atoms with E-state index in [1.165, 1.54) is 0 Å². The number of aryl methyl sites for hydroxylation is 1. The van der Waals surface area contributed by atoms with Crippen molar-refractivity contribution in [2.24, 2.45) is 5.73 Å². The number of fused-ring (bicyclic) bond motifs is 1. The Morgan fingerprint density at radius 1 is 1.47 bits per heavy atom. The van der Waals surface area contributed by atoms with Gasteiger partial charge in [0.1, 0.15) is 5.69 Å². The molecule has 7 heteroatoms. The molecule has 1 aromatic rings. The summed E-state index contributed by atoms with van der Waals surface area (Å²) in [6.45, 7) is 2.31. The van der Waals surface area contributed by atoms with Crippen molar-refractivity contribution >= 4 is 17.8 Å². The molecule has 1 aliphatic heterocycles. The Balaban J connectivity index is 1.77. The molecule has 19 heavy (non-hydrogen) atoms. The molecular weight excluding hydrogens is 246 g/mol. The summed E-state index contributed by atoms with van der Waals surface area (Å²) in [5, 5.41) is 5.93. The second kappa shape index (κ2) is 6.21. The van der Waals surface area contributed by atoms with Gasteiger partial charge in [-0.2, -0.15) is 0 Å². The zero-order valence-electron chi connectivity index (χ0n) is 10.8. The predicted molar refractivity (Wildman–Crippen MR) is 70.7 cm³/mol. The number of carbonyl (C=O) groups excluding carboxylic acids is 2. The van der Waals surface area contributed by atoms with E-state index >= 15 is 0 Å². The van der Waals surface area contributed by atoms with Crippen LogP contribution in [-0.4, -0.2) is 34.5 Å². The normalized spacial score (nSPS) is 13.5. The molecule has 2 rings (SSSR count). The quantitative estimate of drug-likeness (QED) is 0.634. The van der Waals surface area contributed by atoms with Gasteiger partial charge in [-0.05, 0) is 19.3 Å². The number of amides is 2. The van der Waals surface area contributed by atoms with Gasteiger partial charge in [0.25, 0.3) is 5.91 Å². The maximum absolute atomic E-state index is 11.9. The smallest absolute Gasteiger partial charge is 0.271 e. The molecule has 0 spiro atoms. The van der Waals surface area contributed by atoms with E-state index in [1.54, 1.807) is 6.20 Å². The summed E-state index contributed by atoms with van der Waals surface area (Å²) in [6.07, 6.45) is 4.59. The van der Waals surface area contributed by atoms with Crippen LogP contribution in [0.3, 0.4) is 0 Å². The van der Waals surface area contributed by atoms with Crippen molar-refractivity contribution in [2.75, 3.05) is 18.4 Å². The number of aromatic nitrogens is 2. The average molecular weight is 265 g/mol. The SMILES string of the molecule is NC(=O)CCCCNC(=O)c1cn2c(n1)NCCC2. The number of anilines is 1. The van der Waals surface area contributed by atoms with Crippen LogP contribution in [0.25, 0.3) is 0 Å². The van der Waals surface area contributed by atoms with Gasteiger partial charge in [0.05, 0.1) is 0 Å². The van der Waals surface area contributed by atoms with Crippen molar-refractivity contribution in [3.8, 4) is 0 Å². The summed E-state index contributed by atoms with van der Waals surface area (Å²) in [4.78, 5) is 26.6. The number of rotatable bonds is 6. The molecule has 0 atom stereocenters. The van der Waals surface area contributed by atoms with E-state index in [9.17, 15) is 9.59 Å². The van der Waals surface area contributed by atoms with Crippen LogP contribution in [0, 0.1) is 0 Å². The van der Waals surface area contributed by atoms with Crippen molar-refractivity contribution in [3.63, 3.8) is 0 Å². The molecule has 2 amide bonds. The van der Waals surface area contributed by atoms with E-state index < -0.39 is 0 Å². The molecule has 0 bridgehead atoms. The number of primary amides is 1. The molecule has 0 radical (unpaired) electrons. The molecule has 0 fully saturated rings. The van der Waals surface area contributed by atoms with Crippen LogP contribution >= 0.6 is 0 Å². The Kier molecular flexibility index (Phi) is 4.38. The van der Waals surface area contributed by atoms with Crippen LogP contribution in [0.5, 0.6) is 0 Å². The molecule has 0 aromatic carbocycles. The number of imidazole rings is 1. The van der Waals surface area contributed by atoms with Gasteiger partial charge in [-0.1, -0.05) is 0 Å². The molecule has 7 nitrogen and oxygen atoms in total. The number of carbonyl (C=O) groups is 2. The van der Waals surface area contributed by atoms with Crippen LogP contribution in [-0.2, 0) is 11.3 Å². The molecule has 0 unspecified atom stereocenters. The third-order valence-electron chi connectivity index (χ3n) is 3.00. The van der Waals surface area contributed by atoms with Crippen LogP contribution < -0.4 is 16.4 Å². The fourth-order valence-corrected chi connectivity index (χ4v) is 2.00. The first-order valence-electron chi connectivity index (χ1n) is 6.54. The van der Waals surface area contributed by atoms with Crippen LogP contribution in [0.1, 0.15) is 36.2 Å². The first kappa shape index (κ1) is 13.4. The molecular formula is C12H19N5O2. The summed E-state index contributed by atoms with van der Waals surface area (Å²) in [5.41, 5.74) is 5.47. The van der Waals surface area contributed by atoms with E-state index in [0.29, 0.717) is 25.1 Å². The van der Waals surface area contributed by atoms with Crippen molar-refractivity contribution in [1.82, 2.24) is 14.9 Å². The fraction of sp³-hybridized carbons (Fsp3) is 0.583. The molecule has 104 valence electrons. The Bertz CT molecular complexity index is 445. The molecule has 0 aliphatic carbocycles. The van der Waals surface area contributed by atoms with E-state index in [4.69, 9.17) is 5.73 Å². The predicted octanol–water partition coefficient (Wildman–Crippen LogP) is 0.0841. The number of hydrogen-bond acceptors (Lipinski definition) is 4. The summed E-state index contributed by atoms with van der Waals surface area (Å²) >= 11 is 0. The van der Waals surface area contributed by atoms with Crippen LogP contribution in [0.15, 0.2) is 6.20 Å². The zero-order valence-corrected chi connectivity index (χ0v) is 10.8. The van der Waals surface area contributed by atoms with Crippen LogP contribution in [0.4, 0.5) is 5.95 Å². The van der Waals surface area contributed by atoms with E-state index in [1.807, 2.05) is 4.57 Å². The monoisotopic (exact) mass is 265 g/mol. The van der Waals surface area contributed by atoms with Gasteiger partial charge in [0, 0.05) is 32.3 Å². The fourth-order valence-electron chi connectivity index (χ4n) is 2.00. The summed E-state index contributed by atoms with van der Waals surface area (Å²) in [5.74, 6) is 0.270. The summed E-state index contributed by atoms with van der Waals surface area (Å²) < 4.78 is 1.95. The lowest BCUT2D eigenvalue weighted by atomic mass is 10.2. The molecule has 0 saturated heterocycles. The number of nitrogens with two attached hydrogens (primary N) is 1. The number of nitrogens with zero attached hydrogens (tertiary/aromatic N) is 2. The minimum atomic E-state index is -0.306. The van der Waals surface area contributed by atoms with E-state index in [2.05, 4.69) is 15.6 Å². The highest BCUT2D eigenvalue weighted by Crippen LogP contribution is 2.13. The van der Waals surface area contributed by atoms with Gasteiger partial charge in [0.2, 0.25) is 11.9 Å². The van der Waals surface area contributed by atoms with Crippen molar-refractivity contribution in [3.05, 3.63) is 11.9 Å². The lowest BCUT2D eigenvalue weighted by molar-refractivity contribution is -0.118.